The Labute approximate surface area is 138 Å². The van der Waals surface area contributed by atoms with Crippen LogP contribution in [0.5, 0.6) is 0 Å². The lowest BCUT2D eigenvalue weighted by molar-refractivity contribution is 0.377. The van der Waals surface area contributed by atoms with Gasteiger partial charge in [0.1, 0.15) is 0 Å². The topological polar surface area (TPSA) is 3.24 Å². The number of nitrogens with zero attached hydrogens (tertiary/aromatic N) is 1. The van der Waals surface area contributed by atoms with Gasteiger partial charge in [0.2, 0.25) is 0 Å². The van der Waals surface area contributed by atoms with Crippen molar-refractivity contribution in [2.45, 2.75) is 19.3 Å². The largest absolute Gasteiger partial charge is 0.300 e. The lowest BCUT2D eigenvalue weighted by atomic mass is 9.98. The molecule has 0 unspecified atom stereocenters. The minimum atomic E-state index is 0.797. The quantitative estimate of drug-likeness (QED) is 0.746. The van der Waals surface area contributed by atoms with Crippen molar-refractivity contribution >= 4 is 17.2 Å². The molecule has 2 aromatic rings. The van der Waals surface area contributed by atoms with E-state index in [9.17, 15) is 0 Å². The Bertz CT molecular complexity index is 610. The van der Waals surface area contributed by atoms with Crippen LogP contribution in [0, 0.1) is 0 Å². The van der Waals surface area contributed by atoms with E-state index in [2.05, 4.69) is 53.4 Å². The standard InChI is InChI=1S/C20H22ClN/c21-20-10-8-17(9-11-20)16-19(18-6-2-1-3-7-18)12-15-22-13-4-5-14-22/h1-3,6-12H,4-5,13-16H2/b19-12+. The van der Waals surface area contributed by atoms with E-state index in [1.807, 2.05) is 12.1 Å². The molecule has 0 aromatic heterocycles. The average Bonchev–Trinajstić information content (AvgIpc) is 3.07. The molecular weight excluding hydrogens is 290 g/mol. The van der Waals surface area contributed by atoms with Gasteiger partial charge in [0.15, 0.2) is 0 Å². The van der Waals surface area contributed by atoms with Crippen LogP contribution in [0.3, 0.4) is 0 Å². The smallest absolute Gasteiger partial charge is 0.0406 e. The first-order valence-corrected chi connectivity index (χ1v) is 8.40. The van der Waals surface area contributed by atoms with Gasteiger partial charge in [-0.3, -0.25) is 4.90 Å². The van der Waals surface area contributed by atoms with Crippen molar-refractivity contribution in [3.05, 3.63) is 76.8 Å². The molecule has 0 atom stereocenters. The van der Waals surface area contributed by atoms with Crippen LogP contribution in [-0.4, -0.2) is 24.5 Å². The Hall–Kier alpha value is -1.57. The Kier molecular flexibility index (Phi) is 5.31. The summed E-state index contributed by atoms with van der Waals surface area (Å²) in [4.78, 5) is 2.53. The molecule has 1 nitrogen and oxygen atoms in total. The van der Waals surface area contributed by atoms with Gasteiger partial charge in [0.05, 0.1) is 0 Å². The number of hydrogen-bond donors (Lipinski definition) is 0. The zero-order valence-electron chi connectivity index (χ0n) is 12.8. The van der Waals surface area contributed by atoms with Crippen molar-refractivity contribution in [2.75, 3.05) is 19.6 Å². The van der Waals surface area contributed by atoms with Gasteiger partial charge in [0, 0.05) is 11.6 Å². The fourth-order valence-electron chi connectivity index (χ4n) is 2.97. The van der Waals surface area contributed by atoms with Crippen LogP contribution in [0.25, 0.3) is 5.57 Å². The summed E-state index contributed by atoms with van der Waals surface area (Å²) in [5, 5.41) is 0.797. The Morgan fingerprint density at radius 1 is 0.955 bits per heavy atom. The SMILES string of the molecule is Clc1ccc(C/C(=C\CN2CCCC2)c2ccccc2)cc1. The summed E-state index contributed by atoms with van der Waals surface area (Å²) < 4.78 is 0. The summed E-state index contributed by atoms with van der Waals surface area (Å²) in [5.41, 5.74) is 4.02. The maximum absolute atomic E-state index is 5.99. The van der Waals surface area contributed by atoms with Crippen molar-refractivity contribution in [3.8, 4) is 0 Å². The van der Waals surface area contributed by atoms with Crippen LogP contribution in [0.1, 0.15) is 24.0 Å². The Morgan fingerprint density at radius 2 is 1.64 bits per heavy atom. The normalized spacial score (nSPS) is 16.1. The van der Waals surface area contributed by atoms with Crippen LogP contribution in [-0.2, 0) is 6.42 Å². The molecule has 1 saturated heterocycles. The first-order valence-electron chi connectivity index (χ1n) is 8.02. The molecule has 2 aromatic carbocycles. The van der Waals surface area contributed by atoms with Gasteiger partial charge >= 0.3 is 0 Å². The summed E-state index contributed by atoms with van der Waals surface area (Å²) in [5.74, 6) is 0. The molecule has 1 aliphatic rings. The van der Waals surface area contributed by atoms with Crippen molar-refractivity contribution in [3.63, 3.8) is 0 Å². The van der Waals surface area contributed by atoms with Crippen LogP contribution in [0.15, 0.2) is 60.7 Å². The molecule has 0 saturated carbocycles. The highest BCUT2D eigenvalue weighted by molar-refractivity contribution is 6.30. The first-order chi connectivity index (χ1) is 10.8. The zero-order valence-corrected chi connectivity index (χ0v) is 13.6. The van der Waals surface area contributed by atoms with E-state index in [1.165, 1.54) is 42.6 Å². The number of halogens is 1. The van der Waals surface area contributed by atoms with E-state index in [0.717, 1.165) is 18.0 Å². The van der Waals surface area contributed by atoms with Crippen LogP contribution >= 0.6 is 11.6 Å². The summed E-state index contributed by atoms with van der Waals surface area (Å²) in [6, 6.07) is 18.9. The van der Waals surface area contributed by atoms with Gasteiger partial charge in [-0.15, -0.1) is 0 Å². The van der Waals surface area contributed by atoms with E-state index in [4.69, 9.17) is 11.6 Å². The molecular formula is C20H22ClN. The number of likely N-dealkylation sites (tertiary alicyclic amines) is 1. The third kappa shape index (κ3) is 4.22. The van der Waals surface area contributed by atoms with Crippen molar-refractivity contribution in [2.24, 2.45) is 0 Å². The van der Waals surface area contributed by atoms with E-state index >= 15 is 0 Å². The molecule has 2 heteroatoms. The van der Waals surface area contributed by atoms with E-state index in [0.29, 0.717) is 0 Å². The van der Waals surface area contributed by atoms with Gasteiger partial charge in [-0.05, 0) is 61.2 Å². The van der Waals surface area contributed by atoms with Crippen molar-refractivity contribution < 1.29 is 0 Å². The predicted octanol–water partition coefficient (Wildman–Crippen LogP) is 5.06. The van der Waals surface area contributed by atoms with Crippen molar-refractivity contribution in [1.29, 1.82) is 0 Å². The molecule has 0 amide bonds. The molecule has 0 bridgehead atoms. The third-order valence-electron chi connectivity index (χ3n) is 4.25. The fourth-order valence-corrected chi connectivity index (χ4v) is 3.10. The van der Waals surface area contributed by atoms with E-state index in [1.54, 1.807) is 0 Å². The maximum Gasteiger partial charge on any atom is 0.0406 e. The van der Waals surface area contributed by atoms with Crippen LogP contribution in [0.2, 0.25) is 5.02 Å². The highest BCUT2D eigenvalue weighted by atomic mass is 35.5. The summed E-state index contributed by atoms with van der Waals surface area (Å²) in [6.07, 6.45) is 6.03. The number of benzene rings is 2. The second-order valence-corrected chi connectivity index (χ2v) is 6.34. The molecule has 1 heterocycles. The van der Waals surface area contributed by atoms with Gasteiger partial charge in [-0.25, -0.2) is 0 Å². The second-order valence-electron chi connectivity index (χ2n) is 5.91. The molecule has 22 heavy (non-hydrogen) atoms. The zero-order chi connectivity index (χ0) is 15.2. The van der Waals surface area contributed by atoms with Crippen LogP contribution < -0.4 is 0 Å². The molecule has 3 rings (SSSR count). The number of allylic oxidation sites excluding steroid dienone is 1. The molecule has 0 radical (unpaired) electrons. The molecule has 0 N–H and O–H groups in total. The Balaban J connectivity index is 1.79. The minimum absolute atomic E-state index is 0.797. The lowest BCUT2D eigenvalue weighted by Crippen LogP contribution is -2.19. The first kappa shape index (κ1) is 15.3. The monoisotopic (exact) mass is 311 g/mol. The highest BCUT2D eigenvalue weighted by Gasteiger charge is 2.10. The van der Waals surface area contributed by atoms with E-state index in [-0.39, 0.29) is 0 Å². The van der Waals surface area contributed by atoms with Crippen LogP contribution in [0.4, 0.5) is 0 Å². The predicted molar refractivity (Wildman–Crippen MR) is 95.2 cm³/mol. The minimum Gasteiger partial charge on any atom is -0.300 e. The summed E-state index contributed by atoms with van der Waals surface area (Å²) >= 11 is 5.99. The van der Waals surface area contributed by atoms with Gasteiger partial charge in [0.25, 0.3) is 0 Å². The molecule has 0 spiro atoms. The molecule has 114 valence electrons. The Morgan fingerprint density at radius 3 is 2.32 bits per heavy atom. The number of rotatable bonds is 5. The number of hydrogen-bond acceptors (Lipinski definition) is 1. The van der Waals surface area contributed by atoms with Crippen molar-refractivity contribution in [1.82, 2.24) is 4.90 Å². The fraction of sp³-hybridized carbons (Fsp3) is 0.300. The highest BCUT2D eigenvalue weighted by Crippen LogP contribution is 2.21. The van der Waals surface area contributed by atoms with E-state index < -0.39 is 0 Å². The average molecular weight is 312 g/mol. The second kappa shape index (κ2) is 7.62. The van der Waals surface area contributed by atoms with Gasteiger partial charge in [-0.1, -0.05) is 60.1 Å². The summed E-state index contributed by atoms with van der Waals surface area (Å²) in [6.45, 7) is 3.52. The maximum atomic E-state index is 5.99. The molecule has 1 aliphatic heterocycles. The molecule has 0 aliphatic carbocycles. The lowest BCUT2D eigenvalue weighted by Gasteiger charge is -2.14. The summed E-state index contributed by atoms with van der Waals surface area (Å²) in [7, 11) is 0. The van der Waals surface area contributed by atoms with Gasteiger partial charge in [-0.2, -0.15) is 0 Å². The molecule has 1 fully saturated rings. The third-order valence-corrected chi connectivity index (χ3v) is 4.50. The van der Waals surface area contributed by atoms with Gasteiger partial charge < -0.3 is 0 Å².